The maximum atomic E-state index is 12.4. The number of hydrogen-bond donors (Lipinski definition) is 1. The van der Waals surface area contributed by atoms with Crippen molar-refractivity contribution in [3.8, 4) is 5.75 Å². The van der Waals surface area contributed by atoms with Crippen molar-refractivity contribution in [2.45, 2.75) is 0 Å². The van der Waals surface area contributed by atoms with Gasteiger partial charge in [-0.1, -0.05) is 12.1 Å². The lowest BCUT2D eigenvalue weighted by Crippen LogP contribution is -2.17. The first-order valence-electron chi connectivity index (χ1n) is 5.84. The molecular formula is C15H11NO3. The number of allylic oxidation sites excluding steroid dienone is 2. The van der Waals surface area contributed by atoms with Gasteiger partial charge in [-0.25, -0.2) is 0 Å². The van der Waals surface area contributed by atoms with Gasteiger partial charge in [0.05, 0.1) is 16.8 Å². The highest BCUT2D eigenvalue weighted by Crippen LogP contribution is 2.32. The normalized spacial score (nSPS) is 14.3. The van der Waals surface area contributed by atoms with Gasteiger partial charge in [0.1, 0.15) is 5.75 Å². The summed E-state index contributed by atoms with van der Waals surface area (Å²) in [6.45, 7) is 0. The maximum absolute atomic E-state index is 12.4. The summed E-state index contributed by atoms with van der Waals surface area (Å²) in [4.78, 5) is 24.5. The zero-order chi connectivity index (χ0) is 13.6. The summed E-state index contributed by atoms with van der Waals surface area (Å²) in [5, 5.41) is 9.71. The molecule has 0 unspecified atom stereocenters. The molecule has 0 saturated heterocycles. The van der Waals surface area contributed by atoms with E-state index in [1.54, 1.807) is 22.8 Å². The molecule has 0 bridgehead atoms. The molecule has 94 valence electrons. The molecule has 0 fully saturated rings. The average Bonchev–Trinajstić information content (AvgIpc) is 2.80. The fraction of sp³-hybridized carbons (Fsp3) is 0.0667. The van der Waals surface area contributed by atoms with E-state index in [0.29, 0.717) is 11.3 Å². The topological polar surface area (TPSA) is 59.3 Å². The van der Waals surface area contributed by atoms with Gasteiger partial charge in [0.15, 0.2) is 11.6 Å². The molecular weight excluding hydrogens is 242 g/mol. The monoisotopic (exact) mass is 253 g/mol. The minimum atomic E-state index is -0.344. The second-order valence-electron chi connectivity index (χ2n) is 4.46. The number of rotatable bonds is 1. The Labute approximate surface area is 109 Å². The highest BCUT2D eigenvalue weighted by atomic mass is 16.3. The number of benzene rings is 1. The average molecular weight is 253 g/mol. The quantitative estimate of drug-likeness (QED) is 0.847. The predicted octanol–water partition coefficient (Wildman–Crippen LogP) is 2.19. The highest BCUT2D eigenvalue weighted by Gasteiger charge is 2.29. The summed E-state index contributed by atoms with van der Waals surface area (Å²) in [6.07, 6.45) is 3.10. The van der Waals surface area contributed by atoms with E-state index in [-0.39, 0.29) is 28.4 Å². The minimum Gasteiger partial charge on any atom is -0.507 e. The Morgan fingerprint density at radius 1 is 1.11 bits per heavy atom. The Hall–Kier alpha value is -2.62. The molecule has 1 aromatic heterocycles. The number of carbonyl (C=O) groups is 2. The number of aryl methyl sites for hydroxylation is 1. The van der Waals surface area contributed by atoms with Crippen LogP contribution in [0.3, 0.4) is 0 Å². The molecule has 1 aliphatic rings. The van der Waals surface area contributed by atoms with E-state index in [1.165, 1.54) is 12.1 Å². The van der Waals surface area contributed by atoms with Gasteiger partial charge in [-0.3, -0.25) is 9.59 Å². The zero-order valence-electron chi connectivity index (χ0n) is 10.3. The Balaban J connectivity index is 2.22. The molecule has 4 nitrogen and oxygen atoms in total. The van der Waals surface area contributed by atoms with Gasteiger partial charge < -0.3 is 9.67 Å². The van der Waals surface area contributed by atoms with Crippen LogP contribution in [-0.2, 0) is 7.05 Å². The number of ketones is 2. The summed E-state index contributed by atoms with van der Waals surface area (Å²) in [6, 6.07) is 8.13. The first-order chi connectivity index (χ1) is 9.09. The van der Waals surface area contributed by atoms with Gasteiger partial charge in [0.25, 0.3) is 0 Å². The standard InChI is InChI=1S/C15H11NO3/c1-16-7-3-5-11(16)10-8-13(18)14-9(15(10)19)4-2-6-12(14)17/h2-8,17H,1H3. The fourth-order valence-electron chi connectivity index (χ4n) is 2.33. The summed E-state index contributed by atoms with van der Waals surface area (Å²) in [7, 11) is 1.81. The molecule has 1 aromatic carbocycles. The van der Waals surface area contributed by atoms with Crippen molar-refractivity contribution in [1.29, 1.82) is 0 Å². The number of phenolic OH excluding ortho intramolecular Hbond substituents is 1. The molecule has 0 spiro atoms. The minimum absolute atomic E-state index is 0.0884. The molecule has 1 heterocycles. The molecule has 0 amide bonds. The number of carbonyl (C=O) groups excluding carboxylic acids is 2. The third kappa shape index (κ3) is 1.61. The highest BCUT2D eigenvalue weighted by molar-refractivity contribution is 6.38. The van der Waals surface area contributed by atoms with Crippen LogP contribution in [0.15, 0.2) is 42.6 Å². The molecule has 0 radical (unpaired) electrons. The van der Waals surface area contributed by atoms with Crippen LogP contribution in [0.4, 0.5) is 0 Å². The predicted molar refractivity (Wildman–Crippen MR) is 70.2 cm³/mol. The van der Waals surface area contributed by atoms with Gasteiger partial charge in [-0.2, -0.15) is 0 Å². The number of Topliss-reactive ketones (excluding diaryl/α,β-unsaturated/α-hetero) is 1. The fourth-order valence-corrected chi connectivity index (χ4v) is 2.33. The van der Waals surface area contributed by atoms with E-state index in [2.05, 4.69) is 0 Å². The van der Waals surface area contributed by atoms with Crippen molar-refractivity contribution in [2.75, 3.05) is 0 Å². The Morgan fingerprint density at radius 3 is 2.58 bits per heavy atom. The van der Waals surface area contributed by atoms with Crippen molar-refractivity contribution in [2.24, 2.45) is 7.05 Å². The molecule has 1 N–H and O–H groups in total. The Kier molecular flexibility index (Phi) is 2.38. The Bertz CT molecular complexity index is 738. The van der Waals surface area contributed by atoms with Gasteiger partial charge in [0.2, 0.25) is 0 Å². The Morgan fingerprint density at radius 2 is 1.89 bits per heavy atom. The molecule has 19 heavy (non-hydrogen) atoms. The van der Waals surface area contributed by atoms with Crippen LogP contribution in [0.1, 0.15) is 26.4 Å². The number of nitrogens with zero attached hydrogens (tertiary/aromatic N) is 1. The van der Waals surface area contributed by atoms with Gasteiger partial charge in [-0.05, 0) is 24.3 Å². The summed E-state index contributed by atoms with van der Waals surface area (Å²) < 4.78 is 1.78. The molecule has 0 atom stereocenters. The van der Waals surface area contributed by atoms with E-state index >= 15 is 0 Å². The van der Waals surface area contributed by atoms with Crippen molar-refractivity contribution >= 4 is 17.1 Å². The second-order valence-corrected chi connectivity index (χ2v) is 4.46. The van der Waals surface area contributed by atoms with Crippen LogP contribution in [0.25, 0.3) is 5.57 Å². The first kappa shape index (κ1) is 11.5. The van der Waals surface area contributed by atoms with Crippen LogP contribution in [-0.4, -0.2) is 21.2 Å². The SMILES string of the molecule is Cn1cccc1C1=CC(=O)c2c(O)cccc2C1=O. The zero-order valence-corrected chi connectivity index (χ0v) is 10.3. The van der Waals surface area contributed by atoms with Crippen molar-refractivity contribution < 1.29 is 14.7 Å². The number of phenols is 1. The van der Waals surface area contributed by atoms with Gasteiger partial charge >= 0.3 is 0 Å². The van der Waals surface area contributed by atoms with Crippen molar-refractivity contribution in [1.82, 2.24) is 4.57 Å². The van der Waals surface area contributed by atoms with Crippen LogP contribution in [0, 0.1) is 0 Å². The first-order valence-corrected chi connectivity index (χ1v) is 5.84. The van der Waals surface area contributed by atoms with Crippen molar-refractivity contribution in [3.63, 3.8) is 0 Å². The lowest BCUT2D eigenvalue weighted by Gasteiger charge is -2.16. The molecule has 4 heteroatoms. The molecule has 3 rings (SSSR count). The third-order valence-electron chi connectivity index (χ3n) is 3.27. The largest absolute Gasteiger partial charge is 0.507 e. The summed E-state index contributed by atoms with van der Waals surface area (Å²) in [5.41, 5.74) is 1.39. The molecule has 0 aliphatic heterocycles. The van der Waals surface area contributed by atoms with E-state index in [4.69, 9.17) is 0 Å². The van der Waals surface area contributed by atoms with Crippen LogP contribution >= 0.6 is 0 Å². The molecule has 0 saturated carbocycles. The third-order valence-corrected chi connectivity index (χ3v) is 3.27. The summed E-state index contributed by atoms with van der Waals surface area (Å²) in [5.74, 6) is -0.741. The van der Waals surface area contributed by atoms with E-state index in [0.717, 1.165) is 0 Å². The number of aromatic nitrogens is 1. The maximum Gasteiger partial charge on any atom is 0.196 e. The van der Waals surface area contributed by atoms with E-state index < -0.39 is 0 Å². The van der Waals surface area contributed by atoms with Crippen LogP contribution in [0.2, 0.25) is 0 Å². The van der Waals surface area contributed by atoms with Gasteiger partial charge in [0, 0.05) is 18.8 Å². The number of hydrogen-bond acceptors (Lipinski definition) is 3. The summed E-state index contributed by atoms with van der Waals surface area (Å²) >= 11 is 0. The van der Waals surface area contributed by atoms with E-state index in [1.807, 2.05) is 19.3 Å². The van der Waals surface area contributed by atoms with Crippen molar-refractivity contribution in [3.05, 3.63) is 59.4 Å². The van der Waals surface area contributed by atoms with E-state index in [9.17, 15) is 14.7 Å². The molecule has 1 aliphatic carbocycles. The van der Waals surface area contributed by atoms with Crippen LogP contribution in [0.5, 0.6) is 5.75 Å². The van der Waals surface area contributed by atoms with Gasteiger partial charge in [-0.15, -0.1) is 0 Å². The number of fused-ring (bicyclic) bond motifs is 1. The lowest BCUT2D eigenvalue weighted by molar-refractivity contribution is 0.0998. The van der Waals surface area contributed by atoms with Crippen LogP contribution < -0.4 is 0 Å². The number of aromatic hydroxyl groups is 1. The molecule has 2 aromatic rings. The second kappa shape index (κ2) is 3.95. The smallest absolute Gasteiger partial charge is 0.196 e. The lowest BCUT2D eigenvalue weighted by atomic mass is 9.87.